The zero-order valence-electron chi connectivity index (χ0n) is 9.10. The summed E-state index contributed by atoms with van der Waals surface area (Å²) in [6.45, 7) is 0.804. The zero-order valence-corrected chi connectivity index (χ0v) is 10.6. The topological polar surface area (TPSA) is 84.6 Å². The Kier molecular flexibility index (Phi) is 3.91. The second-order valence-corrected chi connectivity index (χ2v) is 4.69. The Morgan fingerprint density at radius 2 is 2.06 bits per heavy atom. The molecule has 18 heavy (non-hydrogen) atoms. The van der Waals surface area contributed by atoms with Gasteiger partial charge in [0.05, 0.1) is 15.0 Å². The van der Waals surface area contributed by atoms with E-state index in [-0.39, 0.29) is 21.5 Å². The minimum atomic E-state index is -0.709. The summed E-state index contributed by atoms with van der Waals surface area (Å²) in [6.07, 6.45) is -1.25. The smallest absolute Gasteiger partial charge is 0.312 e. The lowest BCUT2D eigenvalue weighted by molar-refractivity contribution is -0.386. The van der Waals surface area contributed by atoms with Crippen molar-refractivity contribution in [3.8, 4) is 5.75 Å². The number of ether oxygens (including phenoxy) is 1. The summed E-state index contributed by atoms with van der Waals surface area (Å²) in [4.78, 5) is 10.3. The zero-order chi connectivity index (χ0) is 13.3. The van der Waals surface area contributed by atoms with Crippen LogP contribution >= 0.6 is 23.2 Å². The van der Waals surface area contributed by atoms with Crippen LogP contribution < -0.4 is 10.1 Å². The molecule has 98 valence electrons. The second kappa shape index (κ2) is 5.27. The first-order valence-corrected chi connectivity index (χ1v) is 5.93. The van der Waals surface area contributed by atoms with Crippen molar-refractivity contribution in [3.05, 3.63) is 32.3 Å². The maximum atomic E-state index is 10.9. The van der Waals surface area contributed by atoms with Crippen LogP contribution in [0.25, 0.3) is 0 Å². The molecule has 6 nitrogen and oxygen atoms in total. The van der Waals surface area contributed by atoms with Gasteiger partial charge in [0.1, 0.15) is 12.2 Å². The molecule has 1 saturated heterocycles. The largest absolute Gasteiger partial charge is 0.479 e. The van der Waals surface area contributed by atoms with Crippen molar-refractivity contribution < 1.29 is 14.8 Å². The Labute approximate surface area is 113 Å². The van der Waals surface area contributed by atoms with E-state index in [0.29, 0.717) is 13.1 Å². The van der Waals surface area contributed by atoms with E-state index in [9.17, 15) is 15.2 Å². The first-order valence-electron chi connectivity index (χ1n) is 5.18. The maximum Gasteiger partial charge on any atom is 0.312 e. The lowest BCUT2D eigenvalue weighted by atomic mass is 10.2. The molecular weight excluding hydrogens is 283 g/mol. The van der Waals surface area contributed by atoms with E-state index in [1.165, 1.54) is 6.07 Å². The molecule has 2 N–H and O–H groups in total. The fraction of sp³-hybridized carbons (Fsp3) is 0.400. The Morgan fingerprint density at radius 1 is 1.39 bits per heavy atom. The summed E-state index contributed by atoms with van der Waals surface area (Å²) < 4.78 is 5.42. The number of benzene rings is 1. The summed E-state index contributed by atoms with van der Waals surface area (Å²) in [5.74, 6) is 0.00199. The Bertz CT molecular complexity index is 483. The van der Waals surface area contributed by atoms with Gasteiger partial charge in [-0.1, -0.05) is 23.2 Å². The monoisotopic (exact) mass is 292 g/mol. The molecule has 2 rings (SSSR count). The van der Waals surface area contributed by atoms with Crippen molar-refractivity contribution in [1.82, 2.24) is 5.32 Å². The highest BCUT2D eigenvalue weighted by Crippen LogP contribution is 2.36. The Morgan fingerprint density at radius 3 is 2.61 bits per heavy atom. The predicted molar refractivity (Wildman–Crippen MR) is 66.4 cm³/mol. The van der Waals surface area contributed by atoms with E-state index in [1.54, 1.807) is 0 Å². The lowest BCUT2D eigenvalue weighted by Crippen LogP contribution is -2.30. The number of β-amino-alcohol motifs (C(OH)–C–C–N with tert-alkyl or cyclic N) is 1. The van der Waals surface area contributed by atoms with Crippen LogP contribution in [0.1, 0.15) is 0 Å². The van der Waals surface area contributed by atoms with Gasteiger partial charge < -0.3 is 15.2 Å². The molecule has 0 aliphatic carbocycles. The molecule has 1 aromatic rings. The Hall–Kier alpha value is -1.08. The standard InChI is InChI=1S/C10H10Cl2N2O4/c11-5-1-7(14(16)17)9(2-6(5)12)18-10-4-13-3-8(10)15/h1-2,8,10,13,15H,3-4H2/t8-,10-/m0/s1. The predicted octanol–water partition coefficient (Wildman–Crippen LogP) is 1.61. The van der Waals surface area contributed by atoms with Crippen LogP contribution in [0.2, 0.25) is 10.0 Å². The molecule has 1 fully saturated rings. The third-order valence-corrected chi connectivity index (χ3v) is 3.33. The molecule has 1 aromatic carbocycles. The Balaban J connectivity index is 2.30. The number of aliphatic hydroxyl groups excluding tert-OH is 1. The molecule has 2 atom stereocenters. The molecule has 0 amide bonds. The SMILES string of the molecule is O=[N+]([O-])c1cc(Cl)c(Cl)cc1O[C@H]1CNC[C@@H]1O. The number of hydrogen-bond donors (Lipinski definition) is 2. The molecule has 0 radical (unpaired) electrons. The number of rotatable bonds is 3. The van der Waals surface area contributed by atoms with Gasteiger partial charge in [-0.15, -0.1) is 0 Å². The normalized spacial score (nSPS) is 23.1. The number of aliphatic hydroxyl groups is 1. The highest BCUT2D eigenvalue weighted by Gasteiger charge is 2.29. The average Bonchev–Trinajstić information content (AvgIpc) is 2.69. The van der Waals surface area contributed by atoms with Crippen molar-refractivity contribution in [2.45, 2.75) is 12.2 Å². The van der Waals surface area contributed by atoms with Gasteiger partial charge in [0, 0.05) is 25.2 Å². The van der Waals surface area contributed by atoms with Crippen molar-refractivity contribution in [3.63, 3.8) is 0 Å². The average molecular weight is 293 g/mol. The molecule has 0 saturated carbocycles. The van der Waals surface area contributed by atoms with E-state index in [4.69, 9.17) is 27.9 Å². The molecule has 0 aromatic heterocycles. The van der Waals surface area contributed by atoms with Crippen LogP contribution in [0.15, 0.2) is 12.1 Å². The minimum Gasteiger partial charge on any atom is -0.479 e. The van der Waals surface area contributed by atoms with Crippen LogP contribution in [-0.2, 0) is 0 Å². The van der Waals surface area contributed by atoms with Crippen LogP contribution in [-0.4, -0.2) is 35.3 Å². The van der Waals surface area contributed by atoms with Gasteiger partial charge in [-0.25, -0.2) is 0 Å². The molecule has 1 aliphatic rings. The number of nitro benzene ring substituents is 1. The van der Waals surface area contributed by atoms with Gasteiger partial charge in [0.15, 0.2) is 5.75 Å². The molecule has 1 aliphatic heterocycles. The number of nitrogens with zero attached hydrogens (tertiary/aromatic N) is 1. The highest BCUT2D eigenvalue weighted by atomic mass is 35.5. The lowest BCUT2D eigenvalue weighted by Gasteiger charge is -2.16. The van der Waals surface area contributed by atoms with Crippen molar-refractivity contribution in [2.24, 2.45) is 0 Å². The van der Waals surface area contributed by atoms with E-state index in [2.05, 4.69) is 5.32 Å². The summed E-state index contributed by atoms with van der Waals surface area (Å²) >= 11 is 11.5. The van der Waals surface area contributed by atoms with E-state index < -0.39 is 17.1 Å². The first-order chi connectivity index (χ1) is 8.49. The molecule has 8 heteroatoms. The summed E-state index contributed by atoms with van der Waals surface area (Å²) in [7, 11) is 0. The van der Waals surface area contributed by atoms with Crippen LogP contribution in [0.5, 0.6) is 5.75 Å². The van der Waals surface area contributed by atoms with Crippen molar-refractivity contribution in [2.75, 3.05) is 13.1 Å². The number of halogens is 2. The number of nitrogens with one attached hydrogen (secondary N) is 1. The van der Waals surface area contributed by atoms with Gasteiger partial charge in [0.25, 0.3) is 0 Å². The third kappa shape index (κ3) is 2.67. The molecule has 0 spiro atoms. The maximum absolute atomic E-state index is 10.9. The first kappa shape index (κ1) is 13.4. The molecule has 0 bridgehead atoms. The second-order valence-electron chi connectivity index (χ2n) is 3.87. The fourth-order valence-electron chi connectivity index (χ4n) is 1.68. The van der Waals surface area contributed by atoms with E-state index in [1.807, 2.05) is 0 Å². The van der Waals surface area contributed by atoms with Gasteiger partial charge >= 0.3 is 5.69 Å². The van der Waals surface area contributed by atoms with Crippen LogP contribution in [0.3, 0.4) is 0 Å². The third-order valence-electron chi connectivity index (χ3n) is 2.61. The highest BCUT2D eigenvalue weighted by molar-refractivity contribution is 6.42. The summed E-state index contributed by atoms with van der Waals surface area (Å²) in [6, 6.07) is 2.42. The van der Waals surface area contributed by atoms with Crippen molar-refractivity contribution in [1.29, 1.82) is 0 Å². The van der Waals surface area contributed by atoms with Crippen LogP contribution in [0, 0.1) is 10.1 Å². The van der Waals surface area contributed by atoms with Gasteiger partial charge in [-0.05, 0) is 0 Å². The molecular formula is C10H10Cl2N2O4. The molecule has 1 heterocycles. The van der Waals surface area contributed by atoms with Crippen molar-refractivity contribution >= 4 is 28.9 Å². The van der Waals surface area contributed by atoms with Crippen LogP contribution in [0.4, 0.5) is 5.69 Å². The van der Waals surface area contributed by atoms with Gasteiger partial charge in [-0.2, -0.15) is 0 Å². The quantitative estimate of drug-likeness (QED) is 0.653. The van der Waals surface area contributed by atoms with Gasteiger partial charge in [-0.3, -0.25) is 10.1 Å². The number of nitro groups is 1. The number of hydrogen-bond acceptors (Lipinski definition) is 5. The summed E-state index contributed by atoms with van der Waals surface area (Å²) in [5, 5.41) is 23.6. The van der Waals surface area contributed by atoms with Gasteiger partial charge in [0.2, 0.25) is 0 Å². The minimum absolute atomic E-state index is 0.00199. The fourth-order valence-corrected chi connectivity index (χ4v) is 1.99. The summed E-state index contributed by atoms with van der Waals surface area (Å²) in [5.41, 5.74) is -0.275. The molecule has 0 unspecified atom stereocenters. The van der Waals surface area contributed by atoms with E-state index in [0.717, 1.165) is 6.07 Å². The van der Waals surface area contributed by atoms with E-state index >= 15 is 0 Å².